The molecule has 36 heavy (non-hydrogen) atoms. The number of aromatic nitrogens is 1. The van der Waals surface area contributed by atoms with E-state index in [1.807, 2.05) is 47.8 Å². The van der Waals surface area contributed by atoms with E-state index >= 15 is 0 Å². The van der Waals surface area contributed by atoms with Gasteiger partial charge in [-0.2, -0.15) is 0 Å². The lowest BCUT2D eigenvalue weighted by molar-refractivity contribution is -0.127. The molecule has 4 aromatic rings. The summed E-state index contributed by atoms with van der Waals surface area (Å²) in [6, 6.07) is 18.3. The van der Waals surface area contributed by atoms with E-state index < -0.39 is 11.9 Å². The number of halogens is 1. The van der Waals surface area contributed by atoms with Gasteiger partial charge in [0.15, 0.2) is 0 Å². The molecular weight excluding hydrogens is 473 g/mol. The molecule has 1 unspecified atom stereocenters. The van der Waals surface area contributed by atoms with Crippen LogP contribution in [-0.4, -0.2) is 22.8 Å². The summed E-state index contributed by atoms with van der Waals surface area (Å²) in [6.07, 6.45) is 6.94. The Labute approximate surface area is 214 Å². The highest BCUT2D eigenvalue weighted by Gasteiger charge is 2.34. The van der Waals surface area contributed by atoms with E-state index in [-0.39, 0.29) is 24.3 Å². The molecule has 2 heterocycles. The standard InChI is InChI=1S/C29H28FN3O2S/c30-22-14-12-20(13-15-22)28(29(35)32-23-8-2-1-3-9-23)33(27(34)18-25-10-6-16-36-25)24-17-21-7-4-5-11-26(21)31-19-24/h4-7,10-17,19,23,28H,1-3,8-9,18H2,(H,32,35). The number of para-hydroxylation sites is 1. The van der Waals surface area contributed by atoms with Gasteiger partial charge >= 0.3 is 0 Å². The van der Waals surface area contributed by atoms with Crippen LogP contribution >= 0.6 is 11.3 Å². The van der Waals surface area contributed by atoms with Crippen molar-refractivity contribution in [3.05, 3.63) is 94.6 Å². The zero-order valence-electron chi connectivity index (χ0n) is 19.9. The van der Waals surface area contributed by atoms with E-state index in [9.17, 15) is 14.0 Å². The minimum absolute atomic E-state index is 0.0678. The lowest BCUT2D eigenvalue weighted by Gasteiger charge is -2.33. The highest BCUT2D eigenvalue weighted by atomic mass is 32.1. The molecule has 0 radical (unpaired) electrons. The quantitative estimate of drug-likeness (QED) is 0.328. The van der Waals surface area contributed by atoms with Crippen molar-refractivity contribution in [2.24, 2.45) is 0 Å². The molecule has 1 fully saturated rings. The number of fused-ring (bicyclic) bond motifs is 1. The third kappa shape index (κ3) is 5.46. The maximum atomic E-state index is 13.9. The van der Waals surface area contributed by atoms with Crippen molar-refractivity contribution < 1.29 is 14.0 Å². The summed E-state index contributed by atoms with van der Waals surface area (Å²) in [6.45, 7) is 0. The Balaban J connectivity index is 1.58. The Hall–Kier alpha value is -3.58. The topological polar surface area (TPSA) is 62.3 Å². The lowest BCUT2D eigenvalue weighted by Crippen LogP contribution is -2.47. The van der Waals surface area contributed by atoms with E-state index in [1.54, 1.807) is 18.3 Å². The van der Waals surface area contributed by atoms with Gasteiger partial charge in [-0.1, -0.05) is 55.7 Å². The Kier molecular flexibility index (Phi) is 7.37. The number of rotatable bonds is 7. The maximum absolute atomic E-state index is 13.9. The SMILES string of the molecule is O=C(NC1CCCCC1)C(c1ccc(F)cc1)N(C(=O)Cc1cccs1)c1cnc2ccccc2c1. The van der Waals surface area contributed by atoms with Crippen LogP contribution < -0.4 is 10.2 Å². The number of hydrogen-bond acceptors (Lipinski definition) is 4. The van der Waals surface area contributed by atoms with Gasteiger partial charge in [0.1, 0.15) is 11.9 Å². The molecule has 2 amide bonds. The molecule has 0 aliphatic heterocycles. The van der Waals surface area contributed by atoms with Crippen LogP contribution in [0.2, 0.25) is 0 Å². The van der Waals surface area contributed by atoms with Gasteiger partial charge < -0.3 is 5.32 Å². The van der Waals surface area contributed by atoms with Crippen LogP contribution in [0.25, 0.3) is 10.9 Å². The molecule has 2 aromatic heterocycles. The molecule has 1 saturated carbocycles. The Morgan fingerprint density at radius 1 is 1.03 bits per heavy atom. The fourth-order valence-corrected chi connectivity index (χ4v) is 5.56. The summed E-state index contributed by atoms with van der Waals surface area (Å²) in [5, 5.41) is 5.99. The third-order valence-corrected chi connectivity index (χ3v) is 7.55. The second kappa shape index (κ2) is 11.0. The van der Waals surface area contributed by atoms with Gasteiger partial charge in [0, 0.05) is 16.3 Å². The van der Waals surface area contributed by atoms with Crippen molar-refractivity contribution in [3.63, 3.8) is 0 Å². The number of carbonyl (C=O) groups excluding carboxylic acids is 2. The van der Waals surface area contributed by atoms with Gasteiger partial charge in [0.05, 0.1) is 23.8 Å². The normalized spacial score (nSPS) is 14.9. The number of pyridine rings is 1. The number of nitrogens with zero attached hydrogens (tertiary/aromatic N) is 2. The van der Waals surface area contributed by atoms with Crippen molar-refractivity contribution in [1.29, 1.82) is 0 Å². The first-order valence-corrected chi connectivity index (χ1v) is 13.2. The van der Waals surface area contributed by atoms with Crippen molar-refractivity contribution in [1.82, 2.24) is 10.3 Å². The van der Waals surface area contributed by atoms with E-state index in [1.165, 1.54) is 34.8 Å². The highest BCUT2D eigenvalue weighted by molar-refractivity contribution is 7.10. The van der Waals surface area contributed by atoms with Gasteiger partial charge in [-0.25, -0.2) is 4.39 Å². The lowest BCUT2D eigenvalue weighted by atomic mass is 9.94. The molecule has 5 rings (SSSR count). The van der Waals surface area contributed by atoms with Gasteiger partial charge in [0.25, 0.3) is 0 Å². The first kappa shape index (κ1) is 24.1. The summed E-state index contributed by atoms with van der Waals surface area (Å²) in [4.78, 5) is 34.7. The highest BCUT2D eigenvalue weighted by Crippen LogP contribution is 2.31. The largest absolute Gasteiger partial charge is 0.351 e. The predicted octanol–water partition coefficient (Wildman–Crippen LogP) is 6.20. The summed E-state index contributed by atoms with van der Waals surface area (Å²) in [7, 11) is 0. The molecule has 184 valence electrons. The van der Waals surface area contributed by atoms with Crippen LogP contribution in [0.5, 0.6) is 0 Å². The molecule has 0 spiro atoms. The number of nitrogens with one attached hydrogen (secondary N) is 1. The number of anilines is 1. The Bertz CT molecular complexity index is 1330. The smallest absolute Gasteiger partial charge is 0.248 e. The predicted molar refractivity (Wildman–Crippen MR) is 141 cm³/mol. The fourth-order valence-electron chi connectivity index (χ4n) is 4.87. The van der Waals surface area contributed by atoms with E-state index in [4.69, 9.17) is 0 Å². The monoisotopic (exact) mass is 501 g/mol. The van der Waals surface area contributed by atoms with E-state index in [0.29, 0.717) is 11.3 Å². The summed E-state index contributed by atoms with van der Waals surface area (Å²) >= 11 is 1.50. The summed E-state index contributed by atoms with van der Waals surface area (Å²) in [5.41, 5.74) is 1.89. The van der Waals surface area contributed by atoms with E-state index in [2.05, 4.69) is 10.3 Å². The Morgan fingerprint density at radius 2 is 1.81 bits per heavy atom. The molecule has 0 bridgehead atoms. The summed E-state index contributed by atoms with van der Waals surface area (Å²) in [5.74, 6) is -0.877. The van der Waals surface area contributed by atoms with Crippen molar-refractivity contribution in [2.45, 2.75) is 50.6 Å². The zero-order chi connectivity index (χ0) is 24.9. The first-order chi connectivity index (χ1) is 17.6. The van der Waals surface area contributed by atoms with Crippen molar-refractivity contribution in [2.75, 3.05) is 4.90 Å². The number of benzene rings is 2. The molecule has 0 saturated heterocycles. The van der Waals surface area contributed by atoms with Gasteiger partial charge in [0.2, 0.25) is 11.8 Å². The first-order valence-electron chi connectivity index (χ1n) is 12.3. The molecule has 5 nitrogen and oxygen atoms in total. The minimum Gasteiger partial charge on any atom is -0.351 e. The van der Waals surface area contributed by atoms with Crippen LogP contribution in [0, 0.1) is 5.82 Å². The third-order valence-electron chi connectivity index (χ3n) is 6.67. The molecule has 1 aliphatic rings. The second-order valence-electron chi connectivity index (χ2n) is 9.20. The molecule has 1 N–H and O–H groups in total. The number of carbonyl (C=O) groups is 2. The minimum atomic E-state index is -0.956. The number of amides is 2. The summed E-state index contributed by atoms with van der Waals surface area (Å²) < 4.78 is 13.8. The molecular formula is C29H28FN3O2S. The molecule has 1 aliphatic carbocycles. The van der Waals surface area contributed by atoms with Gasteiger partial charge in [-0.05, 0) is 54.1 Å². The van der Waals surface area contributed by atoms with Gasteiger partial charge in [-0.3, -0.25) is 19.5 Å². The average Bonchev–Trinajstić information content (AvgIpc) is 3.41. The number of thiophene rings is 1. The average molecular weight is 502 g/mol. The van der Waals surface area contributed by atoms with Gasteiger partial charge in [-0.15, -0.1) is 11.3 Å². The number of hydrogen-bond donors (Lipinski definition) is 1. The molecule has 7 heteroatoms. The molecule has 2 aromatic carbocycles. The van der Waals surface area contributed by atoms with Crippen LogP contribution in [0.3, 0.4) is 0 Å². The zero-order valence-corrected chi connectivity index (χ0v) is 20.7. The van der Waals surface area contributed by atoms with Crippen molar-refractivity contribution in [3.8, 4) is 0 Å². The maximum Gasteiger partial charge on any atom is 0.248 e. The Morgan fingerprint density at radius 3 is 2.56 bits per heavy atom. The van der Waals surface area contributed by atoms with E-state index in [0.717, 1.165) is 41.5 Å². The fraction of sp³-hybridized carbons (Fsp3) is 0.276. The van der Waals surface area contributed by atoms with Crippen LogP contribution in [0.1, 0.15) is 48.6 Å². The molecule has 1 atom stereocenters. The van der Waals surface area contributed by atoms with Crippen molar-refractivity contribution >= 4 is 39.7 Å². The second-order valence-corrected chi connectivity index (χ2v) is 10.2. The van der Waals surface area contributed by atoms with Crippen LogP contribution in [0.4, 0.5) is 10.1 Å². The van der Waals surface area contributed by atoms with Crippen LogP contribution in [-0.2, 0) is 16.0 Å². The van der Waals surface area contributed by atoms with Crippen LogP contribution in [0.15, 0.2) is 78.3 Å².